The lowest BCUT2D eigenvalue weighted by Crippen LogP contribution is -2.15. The van der Waals surface area contributed by atoms with Gasteiger partial charge >= 0.3 is 8.03 Å². The summed E-state index contributed by atoms with van der Waals surface area (Å²) >= 11 is 0. The minimum absolute atomic E-state index is 0.255. The van der Waals surface area contributed by atoms with Crippen molar-refractivity contribution in [3.05, 3.63) is 60.7 Å². The standard InChI is InChI=1S/C14H14O2P2/c15-18(16)12-11-17(13-7-3-1-4-8-13)14-9-5-2-6-10-14/h1-10H,11-12H2. The zero-order chi connectivity index (χ0) is 12.8. The first kappa shape index (κ1) is 13.4. The second-order valence-electron chi connectivity index (χ2n) is 3.88. The van der Waals surface area contributed by atoms with Gasteiger partial charge in [0.25, 0.3) is 0 Å². The molecule has 0 aliphatic heterocycles. The van der Waals surface area contributed by atoms with Crippen LogP contribution in [-0.2, 0) is 4.57 Å². The van der Waals surface area contributed by atoms with Gasteiger partial charge in [0.15, 0.2) is 0 Å². The van der Waals surface area contributed by atoms with Crippen LogP contribution in [0.2, 0.25) is 0 Å². The van der Waals surface area contributed by atoms with Crippen molar-refractivity contribution in [2.45, 2.75) is 0 Å². The lowest BCUT2D eigenvalue weighted by Gasteiger charge is -2.16. The molecule has 0 aliphatic carbocycles. The molecule has 2 nitrogen and oxygen atoms in total. The molecular weight excluding hydrogens is 262 g/mol. The lowest BCUT2D eigenvalue weighted by atomic mass is 10.4. The molecule has 0 fully saturated rings. The normalized spacial score (nSPS) is 11.6. The van der Waals surface area contributed by atoms with E-state index >= 15 is 0 Å². The minimum atomic E-state index is -2.30. The molecule has 4 heteroatoms. The fourth-order valence-corrected chi connectivity index (χ4v) is 5.14. The number of benzene rings is 2. The molecular formula is C14H14O2P2. The maximum absolute atomic E-state index is 10.8. The lowest BCUT2D eigenvalue weighted by molar-refractivity contribution is -0.163. The first-order valence-electron chi connectivity index (χ1n) is 5.77. The van der Waals surface area contributed by atoms with Crippen LogP contribution in [0, 0.1) is 0 Å². The molecule has 0 saturated heterocycles. The quantitative estimate of drug-likeness (QED) is 0.786. The molecule has 2 aromatic carbocycles. The van der Waals surface area contributed by atoms with Gasteiger partial charge in [0, 0.05) is 6.16 Å². The van der Waals surface area contributed by atoms with E-state index in [1.165, 1.54) is 10.6 Å². The molecule has 0 N–H and O–H groups in total. The van der Waals surface area contributed by atoms with E-state index in [2.05, 4.69) is 24.3 Å². The second kappa shape index (κ2) is 6.75. The van der Waals surface area contributed by atoms with Gasteiger partial charge in [0.05, 0.1) is 0 Å². The van der Waals surface area contributed by atoms with Crippen molar-refractivity contribution < 1.29 is 9.46 Å². The first-order valence-corrected chi connectivity index (χ1v) is 8.66. The van der Waals surface area contributed by atoms with Gasteiger partial charge in [-0.2, -0.15) is 0 Å². The average molecular weight is 276 g/mol. The first-order chi connectivity index (χ1) is 8.77. The van der Waals surface area contributed by atoms with Gasteiger partial charge in [-0.3, -0.25) is 0 Å². The van der Waals surface area contributed by atoms with Gasteiger partial charge in [-0.05, 0) is 18.5 Å². The van der Waals surface area contributed by atoms with Crippen molar-refractivity contribution in [2.75, 3.05) is 12.3 Å². The third-order valence-electron chi connectivity index (χ3n) is 2.64. The van der Waals surface area contributed by atoms with Crippen molar-refractivity contribution in [1.29, 1.82) is 0 Å². The van der Waals surface area contributed by atoms with Crippen LogP contribution in [0.3, 0.4) is 0 Å². The summed E-state index contributed by atoms with van der Waals surface area (Å²) in [6.07, 6.45) is 0.951. The second-order valence-corrected chi connectivity index (χ2v) is 7.33. The Morgan fingerprint density at radius 3 is 1.72 bits per heavy atom. The Morgan fingerprint density at radius 1 is 0.889 bits per heavy atom. The van der Waals surface area contributed by atoms with E-state index in [0.29, 0.717) is 6.16 Å². The summed E-state index contributed by atoms with van der Waals surface area (Å²) in [6, 6.07) is 20.3. The Morgan fingerprint density at radius 2 is 1.33 bits per heavy atom. The van der Waals surface area contributed by atoms with Crippen LogP contribution in [0.15, 0.2) is 60.7 Å². The van der Waals surface area contributed by atoms with E-state index < -0.39 is 15.9 Å². The van der Waals surface area contributed by atoms with Crippen LogP contribution in [0.25, 0.3) is 0 Å². The summed E-state index contributed by atoms with van der Waals surface area (Å²) in [4.78, 5) is 10.8. The zero-order valence-corrected chi connectivity index (χ0v) is 11.7. The third-order valence-corrected chi connectivity index (χ3v) is 6.10. The van der Waals surface area contributed by atoms with Crippen molar-refractivity contribution in [1.82, 2.24) is 0 Å². The highest BCUT2D eigenvalue weighted by Crippen LogP contribution is 2.34. The topological polar surface area (TPSA) is 40.1 Å². The van der Waals surface area contributed by atoms with Crippen LogP contribution in [0.4, 0.5) is 0 Å². The van der Waals surface area contributed by atoms with Gasteiger partial charge in [-0.15, -0.1) is 0 Å². The minimum Gasteiger partial charge on any atom is -0.596 e. The van der Waals surface area contributed by atoms with Crippen molar-refractivity contribution in [2.24, 2.45) is 0 Å². The van der Waals surface area contributed by atoms with Gasteiger partial charge in [0.2, 0.25) is 0 Å². The van der Waals surface area contributed by atoms with E-state index in [1.54, 1.807) is 0 Å². The SMILES string of the molecule is O=[P+]([O-])CCP(c1ccccc1)c1ccccc1. The molecule has 0 aliphatic rings. The predicted octanol–water partition coefficient (Wildman–Crippen LogP) is 2.22. The highest BCUT2D eigenvalue weighted by Gasteiger charge is 2.15. The molecule has 92 valence electrons. The Bertz CT molecular complexity index is 460. The third kappa shape index (κ3) is 3.71. The highest BCUT2D eigenvalue weighted by atomic mass is 31.1. The maximum Gasteiger partial charge on any atom is 0.309 e. The molecule has 0 spiro atoms. The van der Waals surface area contributed by atoms with Gasteiger partial charge in [0.1, 0.15) is 6.16 Å². The summed E-state index contributed by atoms with van der Waals surface area (Å²) in [7, 11) is -2.86. The molecule has 0 heterocycles. The van der Waals surface area contributed by atoms with E-state index in [1.807, 2.05) is 36.4 Å². The molecule has 2 aromatic rings. The zero-order valence-electron chi connectivity index (χ0n) is 9.90. The number of rotatable bonds is 5. The Kier molecular flexibility index (Phi) is 5.01. The summed E-state index contributed by atoms with van der Waals surface area (Å²) in [5.74, 6) is 0. The predicted molar refractivity (Wildman–Crippen MR) is 76.4 cm³/mol. The maximum atomic E-state index is 10.8. The van der Waals surface area contributed by atoms with Crippen molar-refractivity contribution in [3.63, 3.8) is 0 Å². The smallest absolute Gasteiger partial charge is 0.309 e. The Balaban J connectivity index is 2.26. The molecule has 2 rings (SSSR count). The molecule has 0 bridgehead atoms. The monoisotopic (exact) mass is 276 g/mol. The Labute approximate surface area is 109 Å². The van der Waals surface area contributed by atoms with Gasteiger partial charge in [-0.1, -0.05) is 65.2 Å². The van der Waals surface area contributed by atoms with E-state index in [-0.39, 0.29) is 6.16 Å². The molecule has 1 atom stereocenters. The fraction of sp³-hybridized carbons (Fsp3) is 0.143. The van der Waals surface area contributed by atoms with Crippen LogP contribution < -0.4 is 15.5 Å². The van der Waals surface area contributed by atoms with Crippen LogP contribution >= 0.6 is 15.9 Å². The molecule has 1 unspecified atom stereocenters. The molecule has 0 amide bonds. The van der Waals surface area contributed by atoms with E-state index in [9.17, 15) is 9.46 Å². The van der Waals surface area contributed by atoms with Crippen molar-refractivity contribution >= 4 is 26.6 Å². The molecule has 0 radical (unpaired) electrons. The van der Waals surface area contributed by atoms with Crippen LogP contribution in [0.5, 0.6) is 0 Å². The number of hydrogen-bond donors (Lipinski definition) is 0. The molecule has 0 aromatic heterocycles. The van der Waals surface area contributed by atoms with Gasteiger partial charge in [-0.25, -0.2) is 0 Å². The largest absolute Gasteiger partial charge is 0.596 e. The molecule has 18 heavy (non-hydrogen) atoms. The highest BCUT2D eigenvalue weighted by molar-refractivity contribution is 7.73. The summed E-state index contributed by atoms with van der Waals surface area (Å²) in [6.45, 7) is 0. The Hall–Kier alpha value is -1.07. The summed E-state index contributed by atoms with van der Waals surface area (Å²) in [5, 5.41) is 2.46. The van der Waals surface area contributed by atoms with Crippen LogP contribution in [0.1, 0.15) is 0 Å². The van der Waals surface area contributed by atoms with Crippen LogP contribution in [-0.4, -0.2) is 12.3 Å². The summed E-state index contributed by atoms with van der Waals surface area (Å²) in [5.41, 5.74) is 0. The average Bonchev–Trinajstić information content (AvgIpc) is 2.41. The number of hydrogen-bond acceptors (Lipinski definition) is 2. The van der Waals surface area contributed by atoms with E-state index in [0.717, 1.165) is 0 Å². The van der Waals surface area contributed by atoms with Crippen molar-refractivity contribution in [3.8, 4) is 0 Å². The molecule has 0 saturated carbocycles. The van der Waals surface area contributed by atoms with E-state index in [4.69, 9.17) is 0 Å². The van der Waals surface area contributed by atoms with Gasteiger partial charge < -0.3 is 4.89 Å². The summed E-state index contributed by atoms with van der Waals surface area (Å²) < 4.78 is 10.8. The fourth-order valence-electron chi connectivity index (χ4n) is 1.80.